The van der Waals surface area contributed by atoms with Crippen LogP contribution in [0, 0.1) is 11.3 Å². The number of hydrogen-bond donors (Lipinski definition) is 1. The van der Waals surface area contributed by atoms with Crippen molar-refractivity contribution in [3.8, 4) is 17.4 Å². The lowest BCUT2D eigenvalue weighted by molar-refractivity contribution is -0.112. The highest BCUT2D eigenvalue weighted by molar-refractivity contribution is 6.36. The average Bonchev–Trinajstić information content (AvgIpc) is 3.23. The van der Waals surface area contributed by atoms with Gasteiger partial charge in [0.05, 0.1) is 22.9 Å². The molecule has 0 radical (unpaired) electrons. The Labute approximate surface area is 188 Å². The molecule has 1 heterocycles. The van der Waals surface area contributed by atoms with Gasteiger partial charge in [-0.3, -0.25) is 4.79 Å². The van der Waals surface area contributed by atoms with Crippen LogP contribution in [-0.4, -0.2) is 18.5 Å². The van der Waals surface area contributed by atoms with Crippen LogP contribution in [0.15, 0.2) is 64.6 Å². The molecule has 3 rings (SSSR count). The first-order chi connectivity index (χ1) is 14.9. The second kappa shape index (κ2) is 9.98. The van der Waals surface area contributed by atoms with E-state index in [1.165, 1.54) is 12.1 Å². The van der Waals surface area contributed by atoms with Gasteiger partial charge in [0.1, 0.15) is 23.2 Å². The van der Waals surface area contributed by atoms with Gasteiger partial charge in [-0.1, -0.05) is 35.3 Å². The quantitative estimate of drug-likeness (QED) is 0.281. The molecule has 1 amide bonds. The van der Waals surface area contributed by atoms with Crippen molar-refractivity contribution in [2.75, 3.05) is 11.9 Å². The van der Waals surface area contributed by atoms with E-state index in [1.807, 2.05) is 6.07 Å². The molecule has 3 aromatic rings. The number of nitrogens with one attached hydrogen (secondary N) is 1. The van der Waals surface area contributed by atoms with E-state index in [-0.39, 0.29) is 5.57 Å². The maximum absolute atomic E-state index is 12.5. The number of carbonyl (C=O) groups excluding carboxylic acids is 2. The van der Waals surface area contributed by atoms with Crippen LogP contribution in [0.1, 0.15) is 23.0 Å². The summed E-state index contributed by atoms with van der Waals surface area (Å²) in [5, 5.41) is 12.6. The first-order valence-electron chi connectivity index (χ1n) is 9.17. The Balaban J connectivity index is 1.77. The number of furan rings is 1. The van der Waals surface area contributed by atoms with Crippen LogP contribution in [0.4, 0.5) is 5.69 Å². The van der Waals surface area contributed by atoms with Crippen molar-refractivity contribution in [1.82, 2.24) is 0 Å². The summed E-state index contributed by atoms with van der Waals surface area (Å²) in [7, 11) is 0. The van der Waals surface area contributed by atoms with Gasteiger partial charge in [0, 0.05) is 16.7 Å². The maximum Gasteiger partial charge on any atom is 0.338 e. The highest BCUT2D eigenvalue weighted by Crippen LogP contribution is 2.27. The average molecular weight is 455 g/mol. The molecule has 0 saturated carbocycles. The number of anilines is 1. The standard InChI is InChI=1S/C23H16Cl2N2O4/c1-2-30-23(29)15-5-3-14(4-6-15)21-10-8-18(31-21)11-16(13-26)22(28)27-20-12-17(24)7-9-19(20)25/h3-12H,2H2,1H3,(H,27,28). The van der Waals surface area contributed by atoms with Gasteiger partial charge < -0.3 is 14.5 Å². The number of amides is 1. The zero-order valence-electron chi connectivity index (χ0n) is 16.3. The molecular weight excluding hydrogens is 439 g/mol. The summed E-state index contributed by atoms with van der Waals surface area (Å²) in [6, 6.07) is 16.5. The van der Waals surface area contributed by atoms with E-state index in [1.54, 1.807) is 55.5 Å². The second-order valence-corrected chi connectivity index (χ2v) is 7.09. The number of benzene rings is 2. The molecule has 156 valence electrons. The van der Waals surface area contributed by atoms with E-state index >= 15 is 0 Å². The third-order valence-electron chi connectivity index (χ3n) is 4.14. The molecule has 1 aromatic heterocycles. The van der Waals surface area contributed by atoms with Crippen molar-refractivity contribution >= 4 is 46.8 Å². The molecule has 0 aliphatic heterocycles. The Hall–Kier alpha value is -3.53. The summed E-state index contributed by atoms with van der Waals surface area (Å²) in [6.07, 6.45) is 1.32. The first kappa shape index (κ1) is 22.2. The first-order valence-corrected chi connectivity index (χ1v) is 9.92. The van der Waals surface area contributed by atoms with E-state index in [4.69, 9.17) is 32.4 Å². The number of carbonyl (C=O) groups is 2. The molecule has 0 spiro atoms. The fraction of sp³-hybridized carbons (Fsp3) is 0.0870. The van der Waals surface area contributed by atoms with Crippen LogP contribution in [0.25, 0.3) is 17.4 Å². The van der Waals surface area contributed by atoms with Gasteiger partial charge in [0.2, 0.25) is 0 Å². The molecule has 0 fully saturated rings. The van der Waals surface area contributed by atoms with Crippen LogP contribution < -0.4 is 5.32 Å². The van der Waals surface area contributed by atoms with Gasteiger partial charge in [-0.05, 0) is 49.4 Å². The Bertz CT molecular complexity index is 1190. The SMILES string of the molecule is CCOC(=O)c1ccc(-c2ccc(C=C(C#N)C(=O)Nc3cc(Cl)ccc3Cl)o2)cc1. The molecule has 0 unspecified atom stereocenters. The van der Waals surface area contributed by atoms with Crippen molar-refractivity contribution in [1.29, 1.82) is 5.26 Å². The number of esters is 1. The molecule has 6 nitrogen and oxygen atoms in total. The van der Waals surface area contributed by atoms with Crippen molar-refractivity contribution in [2.24, 2.45) is 0 Å². The normalized spacial score (nSPS) is 11.0. The summed E-state index contributed by atoms with van der Waals surface area (Å²) in [5.74, 6) is -0.226. The molecule has 0 aliphatic carbocycles. The molecule has 8 heteroatoms. The Morgan fingerprint density at radius 3 is 2.55 bits per heavy atom. The van der Waals surface area contributed by atoms with Crippen LogP contribution in [0.3, 0.4) is 0 Å². The lowest BCUT2D eigenvalue weighted by atomic mass is 10.1. The minimum atomic E-state index is -0.650. The van der Waals surface area contributed by atoms with Gasteiger partial charge >= 0.3 is 5.97 Å². The minimum absolute atomic E-state index is 0.172. The van der Waals surface area contributed by atoms with Gasteiger partial charge in [-0.15, -0.1) is 0 Å². The Morgan fingerprint density at radius 2 is 1.87 bits per heavy atom. The molecule has 1 N–H and O–H groups in total. The fourth-order valence-corrected chi connectivity index (χ4v) is 2.98. The summed E-state index contributed by atoms with van der Waals surface area (Å²) in [4.78, 5) is 24.2. The molecule has 0 aliphatic rings. The van der Waals surface area contributed by atoms with E-state index < -0.39 is 11.9 Å². The summed E-state index contributed by atoms with van der Waals surface area (Å²) in [6.45, 7) is 2.04. The number of halogens is 2. The summed E-state index contributed by atoms with van der Waals surface area (Å²) < 4.78 is 10.7. The Morgan fingerprint density at radius 1 is 1.13 bits per heavy atom. The van der Waals surface area contributed by atoms with Crippen LogP contribution in [0.2, 0.25) is 10.0 Å². The van der Waals surface area contributed by atoms with Crippen molar-refractivity contribution in [2.45, 2.75) is 6.92 Å². The topological polar surface area (TPSA) is 92.3 Å². The monoisotopic (exact) mass is 454 g/mol. The zero-order valence-corrected chi connectivity index (χ0v) is 17.8. The van der Waals surface area contributed by atoms with Crippen LogP contribution in [-0.2, 0) is 9.53 Å². The third kappa shape index (κ3) is 5.54. The number of rotatable bonds is 6. The molecule has 31 heavy (non-hydrogen) atoms. The van der Waals surface area contributed by atoms with Crippen molar-refractivity contribution < 1.29 is 18.7 Å². The smallest absolute Gasteiger partial charge is 0.338 e. The largest absolute Gasteiger partial charge is 0.462 e. The fourth-order valence-electron chi connectivity index (χ4n) is 2.64. The maximum atomic E-state index is 12.5. The molecular formula is C23H16Cl2N2O4. The van der Waals surface area contributed by atoms with Gasteiger partial charge in [0.25, 0.3) is 5.91 Å². The second-order valence-electron chi connectivity index (χ2n) is 6.25. The minimum Gasteiger partial charge on any atom is -0.462 e. The van der Waals surface area contributed by atoms with Crippen LogP contribution >= 0.6 is 23.2 Å². The number of hydrogen-bond acceptors (Lipinski definition) is 5. The summed E-state index contributed by atoms with van der Waals surface area (Å²) >= 11 is 12.0. The Kier molecular flexibility index (Phi) is 7.14. The molecule has 2 aromatic carbocycles. The van der Waals surface area contributed by atoms with E-state index in [2.05, 4.69) is 5.32 Å². The highest BCUT2D eigenvalue weighted by atomic mass is 35.5. The summed E-state index contributed by atoms with van der Waals surface area (Å²) in [5.41, 5.74) is 1.28. The van der Waals surface area contributed by atoms with Crippen molar-refractivity contribution in [3.05, 3.63) is 81.5 Å². The third-order valence-corrected chi connectivity index (χ3v) is 4.70. The van der Waals surface area contributed by atoms with Crippen LogP contribution in [0.5, 0.6) is 0 Å². The number of nitrogens with zero attached hydrogens (tertiary/aromatic N) is 1. The molecule has 0 saturated heterocycles. The predicted molar refractivity (Wildman–Crippen MR) is 119 cm³/mol. The predicted octanol–water partition coefficient (Wildman–Crippen LogP) is 5.98. The van der Waals surface area contributed by atoms with E-state index in [9.17, 15) is 14.9 Å². The number of nitriles is 1. The lowest BCUT2D eigenvalue weighted by Crippen LogP contribution is -2.13. The van der Waals surface area contributed by atoms with Gasteiger partial charge in [-0.25, -0.2) is 4.79 Å². The molecule has 0 atom stereocenters. The lowest BCUT2D eigenvalue weighted by Gasteiger charge is -2.06. The van der Waals surface area contributed by atoms with E-state index in [0.717, 1.165) is 5.56 Å². The highest BCUT2D eigenvalue weighted by Gasteiger charge is 2.14. The van der Waals surface area contributed by atoms with Crippen molar-refractivity contribution in [3.63, 3.8) is 0 Å². The van der Waals surface area contributed by atoms with Gasteiger partial charge in [-0.2, -0.15) is 5.26 Å². The zero-order chi connectivity index (χ0) is 22.4. The molecule has 0 bridgehead atoms. The van der Waals surface area contributed by atoms with E-state index in [0.29, 0.717) is 39.4 Å². The van der Waals surface area contributed by atoms with Gasteiger partial charge in [0.15, 0.2) is 0 Å². The number of ether oxygens (including phenoxy) is 1.